The highest BCUT2D eigenvalue weighted by molar-refractivity contribution is 5.76. The first-order chi connectivity index (χ1) is 14.3. The predicted octanol–water partition coefficient (Wildman–Crippen LogP) is 3.10. The molecule has 0 aliphatic carbocycles. The number of nitrogens with one attached hydrogen (secondary N) is 2. The van der Waals surface area contributed by atoms with Gasteiger partial charge in [0.1, 0.15) is 5.39 Å². The summed E-state index contributed by atoms with van der Waals surface area (Å²) >= 11 is 0. The van der Waals surface area contributed by atoms with Crippen LogP contribution in [0.5, 0.6) is 0 Å². The Labute approximate surface area is 165 Å². The fourth-order valence-corrected chi connectivity index (χ4v) is 3.16. The standard InChI is InChI=1S/C21H17N7O/c29-20-18-12-23-28(17-9-5-2-6-10-17)19(18)25-21(26-20)24-16-11-22-27(14-16)13-15-7-3-1-4-8-15/h1-12,14H,13H2,(H2,24,25,26,29). The van der Waals surface area contributed by atoms with Crippen molar-refractivity contribution in [1.29, 1.82) is 0 Å². The molecule has 0 spiro atoms. The summed E-state index contributed by atoms with van der Waals surface area (Å²) in [6.07, 6.45) is 5.09. The largest absolute Gasteiger partial charge is 0.323 e. The van der Waals surface area contributed by atoms with Crippen LogP contribution in [0.25, 0.3) is 16.7 Å². The van der Waals surface area contributed by atoms with Crippen molar-refractivity contribution in [2.45, 2.75) is 6.54 Å². The first kappa shape index (κ1) is 16.9. The zero-order valence-corrected chi connectivity index (χ0v) is 15.4. The lowest BCUT2D eigenvalue weighted by Gasteiger charge is -2.05. The average molecular weight is 383 g/mol. The topological polar surface area (TPSA) is 93.4 Å². The van der Waals surface area contributed by atoms with E-state index in [-0.39, 0.29) is 5.56 Å². The molecule has 0 unspecified atom stereocenters. The third kappa shape index (κ3) is 3.39. The van der Waals surface area contributed by atoms with Crippen LogP contribution in [0.3, 0.4) is 0 Å². The Morgan fingerprint density at radius 1 is 0.931 bits per heavy atom. The first-order valence-electron chi connectivity index (χ1n) is 9.13. The summed E-state index contributed by atoms with van der Waals surface area (Å²) in [7, 11) is 0. The number of hydrogen-bond acceptors (Lipinski definition) is 5. The van der Waals surface area contributed by atoms with Crippen LogP contribution >= 0.6 is 0 Å². The Morgan fingerprint density at radius 2 is 1.69 bits per heavy atom. The van der Waals surface area contributed by atoms with Gasteiger partial charge < -0.3 is 5.32 Å². The quantitative estimate of drug-likeness (QED) is 0.486. The van der Waals surface area contributed by atoms with Gasteiger partial charge in [0.25, 0.3) is 5.56 Å². The second-order valence-electron chi connectivity index (χ2n) is 6.58. The minimum atomic E-state index is -0.253. The molecule has 29 heavy (non-hydrogen) atoms. The highest BCUT2D eigenvalue weighted by atomic mass is 16.1. The van der Waals surface area contributed by atoms with Crippen LogP contribution in [-0.2, 0) is 6.54 Å². The number of H-pyrrole nitrogens is 1. The van der Waals surface area contributed by atoms with Crippen LogP contribution in [0.1, 0.15) is 5.56 Å². The van der Waals surface area contributed by atoms with E-state index in [0.717, 1.165) is 16.9 Å². The number of anilines is 2. The number of para-hydroxylation sites is 1. The molecule has 3 aromatic heterocycles. The molecule has 2 aromatic carbocycles. The van der Waals surface area contributed by atoms with Crippen LogP contribution in [0.2, 0.25) is 0 Å². The molecule has 0 saturated heterocycles. The van der Waals surface area contributed by atoms with Gasteiger partial charge in [-0.05, 0) is 17.7 Å². The maximum atomic E-state index is 12.5. The highest BCUT2D eigenvalue weighted by Crippen LogP contribution is 2.17. The summed E-state index contributed by atoms with van der Waals surface area (Å²) in [4.78, 5) is 19.8. The van der Waals surface area contributed by atoms with Gasteiger partial charge in [-0.15, -0.1) is 0 Å². The Kier molecular flexibility index (Phi) is 4.14. The molecule has 0 fully saturated rings. The summed E-state index contributed by atoms with van der Waals surface area (Å²) in [6.45, 7) is 0.659. The van der Waals surface area contributed by atoms with E-state index in [4.69, 9.17) is 0 Å². The molecular weight excluding hydrogens is 366 g/mol. The van der Waals surface area contributed by atoms with E-state index in [1.807, 2.05) is 71.5 Å². The van der Waals surface area contributed by atoms with Gasteiger partial charge >= 0.3 is 0 Å². The van der Waals surface area contributed by atoms with Crippen LogP contribution in [0.15, 0.2) is 84.0 Å². The van der Waals surface area contributed by atoms with Gasteiger partial charge in [0.15, 0.2) is 5.65 Å². The molecule has 5 aromatic rings. The number of rotatable bonds is 5. The van der Waals surface area contributed by atoms with E-state index in [9.17, 15) is 4.79 Å². The van der Waals surface area contributed by atoms with Crippen molar-refractivity contribution in [2.75, 3.05) is 5.32 Å². The van der Waals surface area contributed by atoms with Gasteiger partial charge in [0.05, 0.1) is 30.3 Å². The molecule has 0 saturated carbocycles. The van der Waals surface area contributed by atoms with E-state index < -0.39 is 0 Å². The molecule has 3 heterocycles. The lowest BCUT2D eigenvalue weighted by molar-refractivity contribution is 0.687. The molecule has 2 N–H and O–H groups in total. The molecule has 5 rings (SSSR count). The van der Waals surface area contributed by atoms with Crippen LogP contribution in [-0.4, -0.2) is 29.5 Å². The van der Waals surface area contributed by atoms with Gasteiger partial charge in [-0.1, -0.05) is 48.5 Å². The molecule has 0 atom stereocenters. The van der Waals surface area contributed by atoms with Crippen molar-refractivity contribution in [3.05, 3.63) is 95.2 Å². The summed E-state index contributed by atoms with van der Waals surface area (Å²) in [5.74, 6) is 0.333. The Balaban J connectivity index is 1.45. The number of nitrogens with zero attached hydrogens (tertiary/aromatic N) is 5. The summed E-state index contributed by atoms with van der Waals surface area (Å²) in [5.41, 5.74) is 2.95. The second kappa shape index (κ2) is 7.08. The van der Waals surface area contributed by atoms with Gasteiger partial charge in [0, 0.05) is 6.20 Å². The van der Waals surface area contributed by atoms with Gasteiger partial charge in [-0.25, -0.2) is 4.68 Å². The van der Waals surface area contributed by atoms with E-state index >= 15 is 0 Å². The Morgan fingerprint density at radius 3 is 2.48 bits per heavy atom. The number of fused-ring (bicyclic) bond motifs is 1. The summed E-state index contributed by atoms with van der Waals surface area (Å²) < 4.78 is 3.47. The zero-order valence-electron chi connectivity index (χ0n) is 15.4. The minimum absolute atomic E-state index is 0.253. The monoisotopic (exact) mass is 383 g/mol. The minimum Gasteiger partial charge on any atom is -0.323 e. The molecular formula is C21H17N7O. The van der Waals surface area contributed by atoms with E-state index in [1.165, 1.54) is 6.20 Å². The molecule has 0 amide bonds. The zero-order chi connectivity index (χ0) is 19.6. The maximum Gasteiger partial charge on any atom is 0.263 e. The smallest absolute Gasteiger partial charge is 0.263 e. The van der Waals surface area contributed by atoms with Crippen molar-refractivity contribution in [3.8, 4) is 5.69 Å². The van der Waals surface area contributed by atoms with Crippen LogP contribution in [0.4, 0.5) is 11.6 Å². The summed E-state index contributed by atoms with van der Waals surface area (Å²) in [5, 5.41) is 12.2. The van der Waals surface area contributed by atoms with Gasteiger partial charge in [0.2, 0.25) is 5.95 Å². The van der Waals surface area contributed by atoms with Crippen molar-refractivity contribution in [3.63, 3.8) is 0 Å². The van der Waals surface area contributed by atoms with Crippen molar-refractivity contribution < 1.29 is 0 Å². The molecule has 8 heteroatoms. The van der Waals surface area contributed by atoms with E-state index in [2.05, 4.69) is 25.5 Å². The van der Waals surface area contributed by atoms with E-state index in [1.54, 1.807) is 10.9 Å². The maximum absolute atomic E-state index is 12.5. The SMILES string of the molecule is O=c1[nH]c(Nc2cnn(Cc3ccccc3)c2)nc2c1cnn2-c1ccccc1. The summed E-state index contributed by atoms with van der Waals surface area (Å²) in [6, 6.07) is 19.7. The molecule has 0 aliphatic rings. The van der Waals surface area contributed by atoms with Crippen molar-refractivity contribution >= 4 is 22.7 Å². The number of aromatic nitrogens is 6. The van der Waals surface area contributed by atoms with Gasteiger partial charge in [-0.2, -0.15) is 15.2 Å². The third-order valence-electron chi connectivity index (χ3n) is 4.52. The Bertz CT molecular complexity index is 1320. The normalized spacial score (nSPS) is 11.0. The van der Waals surface area contributed by atoms with Crippen LogP contribution < -0.4 is 10.9 Å². The first-order valence-corrected chi connectivity index (χ1v) is 9.13. The van der Waals surface area contributed by atoms with E-state index in [0.29, 0.717) is 23.5 Å². The molecule has 8 nitrogen and oxygen atoms in total. The second-order valence-corrected chi connectivity index (χ2v) is 6.58. The predicted molar refractivity (Wildman–Crippen MR) is 111 cm³/mol. The molecule has 0 radical (unpaired) electrons. The van der Waals surface area contributed by atoms with Gasteiger partial charge in [-0.3, -0.25) is 14.5 Å². The number of hydrogen-bond donors (Lipinski definition) is 2. The fraction of sp³-hybridized carbons (Fsp3) is 0.0476. The van der Waals surface area contributed by atoms with Crippen LogP contribution in [0, 0.1) is 0 Å². The third-order valence-corrected chi connectivity index (χ3v) is 4.52. The fourth-order valence-electron chi connectivity index (χ4n) is 3.16. The number of benzene rings is 2. The van der Waals surface area contributed by atoms with Crippen molar-refractivity contribution in [1.82, 2.24) is 29.5 Å². The highest BCUT2D eigenvalue weighted by Gasteiger charge is 2.12. The lowest BCUT2D eigenvalue weighted by Crippen LogP contribution is -2.11. The molecule has 0 aliphatic heterocycles. The number of aromatic amines is 1. The molecule has 142 valence electrons. The lowest BCUT2D eigenvalue weighted by atomic mass is 10.2. The Hall–Kier alpha value is -4.20. The van der Waals surface area contributed by atoms with Crippen molar-refractivity contribution in [2.24, 2.45) is 0 Å². The average Bonchev–Trinajstić information content (AvgIpc) is 3.37. The molecule has 0 bridgehead atoms.